The third-order valence-electron chi connectivity index (χ3n) is 3.48. The van der Waals surface area contributed by atoms with Crippen LogP contribution in [0.1, 0.15) is 21.0 Å². The predicted molar refractivity (Wildman–Crippen MR) is 92.0 cm³/mol. The van der Waals surface area contributed by atoms with E-state index in [-0.39, 0.29) is 11.8 Å². The molecule has 1 amide bonds. The van der Waals surface area contributed by atoms with E-state index < -0.39 is 11.9 Å². The Morgan fingerprint density at radius 2 is 1.85 bits per heavy atom. The average molecular weight is 353 g/mol. The fourth-order valence-corrected chi connectivity index (χ4v) is 2.21. The molecule has 0 fully saturated rings. The number of carbonyl (C=O) groups excluding carboxylic acids is 2. The first kappa shape index (κ1) is 17.2. The monoisotopic (exact) mass is 353 g/mol. The molecule has 0 aliphatic carbocycles. The maximum absolute atomic E-state index is 12.3. The number of anilines is 1. The number of aromatic nitrogens is 2. The Bertz CT molecular complexity index is 951. The number of ether oxygens (including phenoxy) is 2. The van der Waals surface area contributed by atoms with Crippen molar-refractivity contribution in [2.24, 2.45) is 0 Å². The second-order valence-electron chi connectivity index (χ2n) is 5.17. The summed E-state index contributed by atoms with van der Waals surface area (Å²) in [5.41, 5.74) is 1.34. The highest BCUT2D eigenvalue weighted by atomic mass is 16.5. The molecule has 8 heteroatoms. The van der Waals surface area contributed by atoms with Crippen LogP contribution in [0, 0.1) is 0 Å². The zero-order valence-corrected chi connectivity index (χ0v) is 14.1. The SMILES string of the molecule is COC(=O)c1cccc(NC(=O)c2nnc(-c3cccc(OC)c3)o2)c1. The van der Waals surface area contributed by atoms with Crippen LogP contribution >= 0.6 is 0 Å². The molecular formula is C18H15N3O5. The van der Waals surface area contributed by atoms with Crippen LogP contribution in [0.5, 0.6) is 5.75 Å². The lowest BCUT2D eigenvalue weighted by Gasteiger charge is -2.04. The van der Waals surface area contributed by atoms with Gasteiger partial charge in [-0.15, -0.1) is 10.2 Å². The van der Waals surface area contributed by atoms with Crippen LogP contribution in [0.15, 0.2) is 52.9 Å². The van der Waals surface area contributed by atoms with Gasteiger partial charge in [0, 0.05) is 11.3 Å². The number of nitrogens with zero attached hydrogens (tertiary/aromatic N) is 2. The number of methoxy groups -OCH3 is 2. The van der Waals surface area contributed by atoms with Crippen molar-refractivity contribution in [2.45, 2.75) is 0 Å². The van der Waals surface area contributed by atoms with Crippen molar-refractivity contribution in [3.63, 3.8) is 0 Å². The van der Waals surface area contributed by atoms with Gasteiger partial charge in [-0.05, 0) is 36.4 Å². The first-order valence-electron chi connectivity index (χ1n) is 7.58. The number of rotatable bonds is 5. The lowest BCUT2D eigenvalue weighted by Crippen LogP contribution is -2.13. The molecule has 132 valence electrons. The molecule has 1 N–H and O–H groups in total. The van der Waals surface area contributed by atoms with E-state index in [1.807, 2.05) is 0 Å². The van der Waals surface area contributed by atoms with Crippen molar-refractivity contribution < 1.29 is 23.5 Å². The van der Waals surface area contributed by atoms with Crippen molar-refractivity contribution in [2.75, 3.05) is 19.5 Å². The van der Waals surface area contributed by atoms with E-state index in [1.165, 1.54) is 13.2 Å². The minimum atomic E-state index is -0.589. The van der Waals surface area contributed by atoms with Gasteiger partial charge in [-0.2, -0.15) is 0 Å². The molecule has 8 nitrogen and oxygen atoms in total. The number of carbonyl (C=O) groups is 2. The number of benzene rings is 2. The number of hydrogen-bond donors (Lipinski definition) is 1. The molecule has 0 spiro atoms. The molecule has 0 saturated heterocycles. The Balaban J connectivity index is 1.77. The van der Waals surface area contributed by atoms with E-state index in [2.05, 4.69) is 20.3 Å². The van der Waals surface area contributed by atoms with Gasteiger partial charge in [-0.3, -0.25) is 4.79 Å². The Morgan fingerprint density at radius 3 is 2.62 bits per heavy atom. The van der Waals surface area contributed by atoms with Gasteiger partial charge in [0.1, 0.15) is 5.75 Å². The first-order chi connectivity index (χ1) is 12.6. The number of esters is 1. The van der Waals surface area contributed by atoms with E-state index in [0.29, 0.717) is 22.6 Å². The van der Waals surface area contributed by atoms with Crippen molar-refractivity contribution in [3.05, 3.63) is 60.0 Å². The first-order valence-corrected chi connectivity index (χ1v) is 7.58. The Kier molecular flexibility index (Phi) is 4.93. The van der Waals surface area contributed by atoms with E-state index in [9.17, 15) is 9.59 Å². The molecule has 2 aromatic carbocycles. The molecule has 0 atom stereocenters. The third kappa shape index (κ3) is 3.69. The third-order valence-corrected chi connectivity index (χ3v) is 3.48. The molecule has 3 aromatic rings. The quantitative estimate of drug-likeness (QED) is 0.703. The summed E-state index contributed by atoms with van der Waals surface area (Å²) in [4.78, 5) is 23.8. The van der Waals surface area contributed by atoms with Gasteiger partial charge < -0.3 is 19.2 Å². The standard InChI is InChI=1S/C18H15N3O5/c1-24-14-8-4-5-11(10-14)16-20-21-17(26-16)15(22)19-13-7-3-6-12(9-13)18(23)25-2/h3-10H,1-2H3,(H,19,22). The molecule has 1 aromatic heterocycles. The molecular weight excluding hydrogens is 338 g/mol. The fraction of sp³-hybridized carbons (Fsp3) is 0.111. The fourth-order valence-electron chi connectivity index (χ4n) is 2.21. The average Bonchev–Trinajstić information content (AvgIpc) is 3.18. The second kappa shape index (κ2) is 7.47. The van der Waals surface area contributed by atoms with Crippen molar-refractivity contribution in [1.82, 2.24) is 10.2 Å². The number of nitrogens with one attached hydrogen (secondary N) is 1. The summed E-state index contributed by atoms with van der Waals surface area (Å²) in [5.74, 6) is -0.470. The van der Waals surface area contributed by atoms with Gasteiger partial charge >= 0.3 is 17.8 Å². The maximum atomic E-state index is 12.3. The molecule has 0 radical (unpaired) electrons. The smallest absolute Gasteiger partial charge is 0.337 e. The minimum Gasteiger partial charge on any atom is -0.497 e. The molecule has 0 saturated carbocycles. The van der Waals surface area contributed by atoms with Crippen LogP contribution in [0.4, 0.5) is 5.69 Å². The predicted octanol–water partition coefficient (Wildman–Crippen LogP) is 2.78. The summed E-state index contributed by atoms with van der Waals surface area (Å²) >= 11 is 0. The molecule has 3 rings (SSSR count). The molecule has 0 aliphatic rings. The zero-order chi connectivity index (χ0) is 18.5. The largest absolute Gasteiger partial charge is 0.497 e. The van der Waals surface area contributed by atoms with Crippen molar-refractivity contribution in [1.29, 1.82) is 0 Å². The van der Waals surface area contributed by atoms with Gasteiger partial charge in [0.15, 0.2) is 0 Å². The summed E-state index contributed by atoms with van der Waals surface area (Å²) < 4.78 is 15.2. The van der Waals surface area contributed by atoms with Crippen LogP contribution < -0.4 is 10.1 Å². The summed E-state index contributed by atoms with van der Waals surface area (Å²) in [6, 6.07) is 13.4. The maximum Gasteiger partial charge on any atom is 0.337 e. The van der Waals surface area contributed by atoms with Crippen LogP contribution in [-0.4, -0.2) is 36.3 Å². The Morgan fingerprint density at radius 1 is 1.04 bits per heavy atom. The highest BCUT2D eigenvalue weighted by Gasteiger charge is 2.17. The van der Waals surface area contributed by atoms with E-state index in [0.717, 1.165) is 0 Å². The van der Waals surface area contributed by atoms with E-state index >= 15 is 0 Å². The van der Waals surface area contributed by atoms with Gasteiger partial charge in [-0.25, -0.2) is 4.79 Å². The van der Waals surface area contributed by atoms with Crippen LogP contribution in [-0.2, 0) is 4.74 Å². The Hall–Kier alpha value is -3.68. The topological polar surface area (TPSA) is 104 Å². The summed E-state index contributed by atoms with van der Waals surface area (Å²) in [5, 5.41) is 10.2. The molecule has 1 heterocycles. The molecule has 26 heavy (non-hydrogen) atoms. The number of amides is 1. The van der Waals surface area contributed by atoms with Gasteiger partial charge in [0.2, 0.25) is 5.89 Å². The van der Waals surface area contributed by atoms with E-state index in [4.69, 9.17) is 9.15 Å². The van der Waals surface area contributed by atoms with Crippen LogP contribution in [0.3, 0.4) is 0 Å². The van der Waals surface area contributed by atoms with Gasteiger partial charge in [-0.1, -0.05) is 12.1 Å². The lowest BCUT2D eigenvalue weighted by molar-refractivity contribution is 0.0600. The summed E-state index contributed by atoms with van der Waals surface area (Å²) in [6.45, 7) is 0. The van der Waals surface area contributed by atoms with Crippen molar-refractivity contribution in [3.8, 4) is 17.2 Å². The minimum absolute atomic E-state index is 0.192. The lowest BCUT2D eigenvalue weighted by atomic mass is 10.2. The van der Waals surface area contributed by atoms with Gasteiger partial charge in [0.25, 0.3) is 0 Å². The van der Waals surface area contributed by atoms with Crippen LogP contribution in [0.2, 0.25) is 0 Å². The van der Waals surface area contributed by atoms with Crippen molar-refractivity contribution >= 4 is 17.6 Å². The second-order valence-corrected chi connectivity index (χ2v) is 5.17. The van der Waals surface area contributed by atoms with Gasteiger partial charge in [0.05, 0.1) is 19.8 Å². The zero-order valence-electron chi connectivity index (χ0n) is 14.1. The van der Waals surface area contributed by atoms with Crippen LogP contribution in [0.25, 0.3) is 11.5 Å². The summed E-state index contributed by atoms with van der Waals surface area (Å²) in [7, 11) is 2.83. The number of hydrogen-bond acceptors (Lipinski definition) is 7. The highest BCUT2D eigenvalue weighted by Crippen LogP contribution is 2.23. The molecule has 0 bridgehead atoms. The highest BCUT2D eigenvalue weighted by molar-refractivity contribution is 6.01. The summed E-state index contributed by atoms with van der Waals surface area (Å²) in [6.07, 6.45) is 0. The molecule has 0 unspecified atom stereocenters. The normalized spacial score (nSPS) is 10.2. The molecule has 0 aliphatic heterocycles. The Labute approximate surface area is 148 Å². The van der Waals surface area contributed by atoms with E-state index in [1.54, 1.807) is 49.6 Å².